The van der Waals surface area contributed by atoms with E-state index < -0.39 is 17.5 Å². The summed E-state index contributed by atoms with van der Waals surface area (Å²) in [7, 11) is 0. The van der Waals surface area contributed by atoms with Gasteiger partial charge in [-0.05, 0) is 13.8 Å². The van der Waals surface area contributed by atoms with Crippen LogP contribution in [-0.4, -0.2) is 42.6 Å². The molecule has 0 bridgehead atoms. The quantitative estimate of drug-likeness (QED) is 0.870. The van der Waals surface area contributed by atoms with Gasteiger partial charge in [0.25, 0.3) is 0 Å². The van der Waals surface area contributed by atoms with Gasteiger partial charge < -0.3 is 15.0 Å². The van der Waals surface area contributed by atoms with Crippen LogP contribution in [0.5, 0.6) is 0 Å². The van der Waals surface area contributed by atoms with Crippen LogP contribution >= 0.6 is 0 Å². The van der Waals surface area contributed by atoms with Crippen molar-refractivity contribution in [2.24, 2.45) is 0 Å². The zero-order chi connectivity index (χ0) is 15.6. The van der Waals surface area contributed by atoms with Crippen LogP contribution < -0.4 is 5.32 Å². The molecule has 1 aromatic carbocycles. The van der Waals surface area contributed by atoms with Gasteiger partial charge in [-0.15, -0.1) is 0 Å². The third-order valence-electron chi connectivity index (χ3n) is 3.20. The van der Waals surface area contributed by atoms with Crippen molar-refractivity contribution in [3.63, 3.8) is 0 Å². The lowest BCUT2D eigenvalue weighted by Gasteiger charge is -2.35. The monoisotopic (exact) mass is 302 g/mol. The topological polar surface area (TPSA) is 41.6 Å². The molecule has 0 unspecified atom stereocenters. The largest absolute Gasteiger partial charge is 0.376 e. The molecule has 1 amide bonds. The summed E-state index contributed by atoms with van der Waals surface area (Å²) >= 11 is 0. The SMILES string of the molecule is C[C@H]1CN(C(=O)CNc2cc(F)c(F)c(F)c2)C[C@H](C)O1. The molecule has 1 aromatic rings. The van der Waals surface area contributed by atoms with Crippen molar-refractivity contribution in [2.75, 3.05) is 25.0 Å². The Bertz CT molecular complexity index is 506. The van der Waals surface area contributed by atoms with Crippen LogP contribution in [0.3, 0.4) is 0 Å². The first-order valence-corrected chi connectivity index (χ1v) is 6.68. The average Bonchev–Trinajstić information content (AvgIpc) is 2.40. The Balaban J connectivity index is 1.95. The average molecular weight is 302 g/mol. The van der Waals surface area contributed by atoms with E-state index in [9.17, 15) is 18.0 Å². The number of rotatable bonds is 3. The summed E-state index contributed by atoms with van der Waals surface area (Å²) < 4.78 is 44.4. The summed E-state index contributed by atoms with van der Waals surface area (Å²) in [6.45, 7) is 4.56. The number of nitrogens with zero attached hydrogens (tertiary/aromatic N) is 1. The highest BCUT2D eigenvalue weighted by Crippen LogP contribution is 2.17. The van der Waals surface area contributed by atoms with Gasteiger partial charge in [-0.3, -0.25) is 4.79 Å². The highest BCUT2D eigenvalue weighted by atomic mass is 19.2. The molecule has 7 heteroatoms. The van der Waals surface area contributed by atoms with Gasteiger partial charge in [0, 0.05) is 30.9 Å². The molecule has 0 spiro atoms. The van der Waals surface area contributed by atoms with Crippen LogP contribution in [0.2, 0.25) is 0 Å². The molecule has 1 fully saturated rings. The van der Waals surface area contributed by atoms with E-state index in [1.807, 2.05) is 13.8 Å². The van der Waals surface area contributed by atoms with Crippen molar-refractivity contribution in [3.05, 3.63) is 29.6 Å². The number of carbonyl (C=O) groups is 1. The van der Waals surface area contributed by atoms with Gasteiger partial charge >= 0.3 is 0 Å². The predicted octanol–water partition coefficient (Wildman–Crippen LogP) is 2.15. The zero-order valence-electron chi connectivity index (χ0n) is 11.8. The Morgan fingerprint density at radius 2 is 1.76 bits per heavy atom. The molecular formula is C14H17F3N2O2. The Labute approximate surface area is 120 Å². The highest BCUT2D eigenvalue weighted by Gasteiger charge is 2.25. The molecule has 21 heavy (non-hydrogen) atoms. The van der Waals surface area contributed by atoms with Crippen molar-refractivity contribution in [1.82, 2.24) is 4.90 Å². The highest BCUT2D eigenvalue weighted by molar-refractivity contribution is 5.81. The summed E-state index contributed by atoms with van der Waals surface area (Å²) in [6.07, 6.45) is -0.114. The van der Waals surface area contributed by atoms with E-state index in [4.69, 9.17) is 4.74 Å². The van der Waals surface area contributed by atoms with Crippen LogP contribution in [0, 0.1) is 17.5 Å². The number of benzene rings is 1. The number of anilines is 1. The van der Waals surface area contributed by atoms with Crippen LogP contribution in [0.25, 0.3) is 0 Å². The molecule has 2 rings (SSSR count). The molecule has 0 radical (unpaired) electrons. The molecule has 0 aromatic heterocycles. The minimum absolute atomic E-state index is 0.0223. The Hall–Kier alpha value is -1.76. The second-order valence-corrected chi connectivity index (χ2v) is 5.16. The number of morpholine rings is 1. The van der Waals surface area contributed by atoms with Crippen molar-refractivity contribution in [3.8, 4) is 0 Å². The Morgan fingerprint density at radius 1 is 1.24 bits per heavy atom. The minimum Gasteiger partial charge on any atom is -0.376 e. The van der Waals surface area contributed by atoms with Gasteiger partial charge in [0.05, 0.1) is 18.8 Å². The van der Waals surface area contributed by atoms with Crippen LogP contribution in [0.15, 0.2) is 12.1 Å². The molecule has 1 saturated heterocycles. The summed E-state index contributed by atoms with van der Waals surface area (Å²) in [4.78, 5) is 13.7. The summed E-state index contributed by atoms with van der Waals surface area (Å²) in [6, 6.07) is 1.63. The zero-order valence-corrected chi connectivity index (χ0v) is 11.8. The fourth-order valence-electron chi connectivity index (χ4n) is 2.33. The Morgan fingerprint density at radius 3 is 2.29 bits per heavy atom. The molecule has 1 N–H and O–H groups in total. The minimum atomic E-state index is -1.53. The molecule has 0 aliphatic carbocycles. The molecule has 1 aliphatic heterocycles. The van der Waals surface area contributed by atoms with E-state index >= 15 is 0 Å². The first-order valence-electron chi connectivity index (χ1n) is 6.68. The predicted molar refractivity (Wildman–Crippen MR) is 71.4 cm³/mol. The normalized spacial score (nSPS) is 22.2. The molecule has 1 heterocycles. The van der Waals surface area contributed by atoms with Gasteiger partial charge in [0.1, 0.15) is 0 Å². The number of carbonyl (C=O) groups excluding carboxylic acids is 1. The standard InChI is InChI=1S/C14H17F3N2O2/c1-8-6-19(7-9(2)21-8)13(20)5-18-10-3-11(15)14(17)12(16)4-10/h3-4,8-9,18H,5-7H2,1-2H3/t8-,9-/m0/s1. The van der Waals surface area contributed by atoms with Crippen LogP contribution in [-0.2, 0) is 9.53 Å². The third kappa shape index (κ3) is 3.87. The van der Waals surface area contributed by atoms with Crippen molar-refractivity contribution < 1.29 is 22.7 Å². The van der Waals surface area contributed by atoms with Gasteiger partial charge in [-0.1, -0.05) is 0 Å². The summed E-state index contributed by atoms with van der Waals surface area (Å²) in [5.41, 5.74) is 0.0223. The van der Waals surface area contributed by atoms with E-state index in [0.29, 0.717) is 13.1 Å². The van der Waals surface area contributed by atoms with Crippen LogP contribution in [0.1, 0.15) is 13.8 Å². The van der Waals surface area contributed by atoms with Crippen LogP contribution in [0.4, 0.5) is 18.9 Å². The first kappa shape index (κ1) is 15.6. The molecule has 0 saturated carbocycles. The number of hydrogen-bond donors (Lipinski definition) is 1. The van der Waals surface area contributed by atoms with Gasteiger partial charge in [0.2, 0.25) is 5.91 Å². The van der Waals surface area contributed by atoms with E-state index in [-0.39, 0.29) is 30.3 Å². The van der Waals surface area contributed by atoms with Crippen molar-refractivity contribution in [1.29, 1.82) is 0 Å². The lowest BCUT2D eigenvalue weighted by Crippen LogP contribution is -2.49. The smallest absolute Gasteiger partial charge is 0.242 e. The van der Waals surface area contributed by atoms with Gasteiger partial charge in [0.15, 0.2) is 17.5 Å². The van der Waals surface area contributed by atoms with Gasteiger partial charge in [-0.2, -0.15) is 0 Å². The number of amides is 1. The lowest BCUT2D eigenvalue weighted by atomic mass is 10.2. The number of nitrogens with one attached hydrogen (secondary N) is 1. The van der Waals surface area contributed by atoms with Crippen molar-refractivity contribution in [2.45, 2.75) is 26.1 Å². The maximum atomic E-state index is 13.1. The molecule has 1 aliphatic rings. The number of hydrogen-bond acceptors (Lipinski definition) is 3. The van der Waals surface area contributed by atoms with E-state index in [1.54, 1.807) is 4.90 Å². The van der Waals surface area contributed by atoms with Gasteiger partial charge in [-0.25, -0.2) is 13.2 Å². The van der Waals surface area contributed by atoms with E-state index in [0.717, 1.165) is 12.1 Å². The second kappa shape index (κ2) is 6.34. The van der Waals surface area contributed by atoms with E-state index in [2.05, 4.69) is 5.32 Å². The fraction of sp³-hybridized carbons (Fsp3) is 0.500. The molecule has 4 nitrogen and oxygen atoms in total. The van der Waals surface area contributed by atoms with Crippen molar-refractivity contribution >= 4 is 11.6 Å². The second-order valence-electron chi connectivity index (χ2n) is 5.16. The lowest BCUT2D eigenvalue weighted by molar-refractivity contribution is -0.141. The fourth-order valence-corrected chi connectivity index (χ4v) is 2.33. The maximum absolute atomic E-state index is 13.1. The van der Waals surface area contributed by atoms with E-state index in [1.165, 1.54) is 0 Å². The summed E-state index contributed by atoms with van der Waals surface area (Å²) in [5, 5.41) is 2.60. The first-order chi connectivity index (χ1) is 9.86. The molecule has 2 atom stereocenters. The Kier molecular flexibility index (Phi) is 4.72. The summed E-state index contributed by atoms with van der Waals surface area (Å²) in [5.74, 6) is -4.32. The number of halogens is 3. The number of ether oxygens (including phenoxy) is 1. The third-order valence-corrected chi connectivity index (χ3v) is 3.20. The molecule has 116 valence electrons. The molecular weight excluding hydrogens is 285 g/mol. The maximum Gasteiger partial charge on any atom is 0.242 e.